The number of nitrogens with zero attached hydrogens (tertiary/aromatic N) is 1. The predicted molar refractivity (Wildman–Crippen MR) is 67.4 cm³/mol. The fourth-order valence-corrected chi connectivity index (χ4v) is 2.45. The molecule has 0 unspecified atom stereocenters. The number of hydrogen-bond donors (Lipinski definition) is 1. The van der Waals surface area contributed by atoms with Crippen LogP contribution in [0.2, 0.25) is 0 Å². The van der Waals surface area contributed by atoms with Gasteiger partial charge in [0.05, 0.1) is 10.7 Å². The van der Waals surface area contributed by atoms with Crippen molar-refractivity contribution in [2.24, 2.45) is 0 Å². The minimum atomic E-state index is 0.547. The lowest BCUT2D eigenvalue weighted by atomic mass is 10.3. The smallest absolute Gasteiger partial charge is 0.0931 e. The zero-order chi connectivity index (χ0) is 11.3. The van der Waals surface area contributed by atoms with Crippen LogP contribution in [0, 0.1) is 6.92 Å². The molecule has 0 aliphatic heterocycles. The molecule has 0 radical (unpaired) electrons. The number of unbranched alkanes of at least 4 members (excludes halogenated alkanes) is 1. The van der Waals surface area contributed by atoms with Gasteiger partial charge >= 0.3 is 0 Å². The quantitative estimate of drug-likeness (QED) is 0.805. The maximum atomic E-state index is 4.60. The Labute approximate surface area is 97.1 Å². The van der Waals surface area contributed by atoms with E-state index in [4.69, 9.17) is 0 Å². The molecule has 2 nitrogen and oxygen atoms in total. The van der Waals surface area contributed by atoms with Crippen molar-refractivity contribution in [2.45, 2.75) is 59.5 Å². The van der Waals surface area contributed by atoms with Crippen molar-refractivity contribution in [2.75, 3.05) is 0 Å². The van der Waals surface area contributed by atoms with Crippen LogP contribution in [-0.2, 0) is 13.0 Å². The SMILES string of the molecule is CCCCc1nc(C)c(CNC(C)C)s1. The summed E-state index contributed by atoms with van der Waals surface area (Å²) in [5.41, 5.74) is 1.21. The van der Waals surface area contributed by atoms with Crippen LogP contribution in [0.3, 0.4) is 0 Å². The Bertz CT molecular complexity index is 292. The number of aryl methyl sites for hydroxylation is 2. The van der Waals surface area contributed by atoms with Crippen molar-refractivity contribution >= 4 is 11.3 Å². The molecular formula is C12H22N2S. The van der Waals surface area contributed by atoms with Gasteiger partial charge in [-0.05, 0) is 19.8 Å². The van der Waals surface area contributed by atoms with E-state index in [1.807, 2.05) is 11.3 Å². The van der Waals surface area contributed by atoms with Gasteiger partial charge in [-0.25, -0.2) is 4.98 Å². The Morgan fingerprint density at radius 1 is 1.40 bits per heavy atom. The second-order valence-electron chi connectivity index (χ2n) is 4.26. The summed E-state index contributed by atoms with van der Waals surface area (Å²) in [5, 5.41) is 4.74. The molecule has 0 spiro atoms. The van der Waals surface area contributed by atoms with E-state index in [0.717, 1.165) is 13.0 Å². The van der Waals surface area contributed by atoms with E-state index in [2.05, 4.69) is 38.0 Å². The first-order chi connectivity index (χ1) is 7.13. The largest absolute Gasteiger partial charge is 0.310 e. The Kier molecular flexibility index (Phi) is 5.26. The van der Waals surface area contributed by atoms with Crippen molar-refractivity contribution in [1.82, 2.24) is 10.3 Å². The zero-order valence-electron chi connectivity index (χ0n) is 10.3. The molecule has 0 saturated carbocycles. The average molecular weight is 226 g/mol. The molecule has 1 heterocycles. The zero-order valence-corrected chi connectivity index (χ0v) is 11.1. The van der Waals surface area contributed by atoms with Gasteiger partial charge < -0.3 is 5.32 Å². The lowest BCUT2D eigenvalue weighted by molar-refractivity contribution is 0.591. The van der Waals surface area contributed by atoms with Gasteiger partial charge in [0.15, 0.2) is 0 Å². The first-order valence-corrected chi connectivity index (χ1v) is 6.63. The van der Waals surface area contributed by atoms with Crippen LogP contribution in [0.25, 0.3) is 0 Å². The summed E-state index contributed by atoms with van der Waals surface area (Å²) in [4.78, 5) is 6.00. The lowest BCUT2D eigenvalue weighted by Gasteiger charge is -2.05. The van der Waals surface area contributed by atoms with Crippen molar-refractivity contribution in [1.29, 1.82) is 0 Å². The van der Waals surface area contributed by atoms with Crippen molar-refractivity contribution in [3.63, 3.8) is 0 Å². The number of aromatic nitrogens is 1. The lowest BCUT2D eigenvalue weighted by Crippen LogP contribution is -2.21. The highest BCUT2D eigenvalue weighted by Crippen LogP contribution is 2.19. The van der Waals surface area contributed by atoms with Crippen LogP contribution in [0.15, 0.2) is 0 Å². The molecular weight excluding hydrogens is 204 g/mol. The van der Waals surface area contributed by atoms with Gasteiger partial charge in [0.2, 0.25) is 0 Å². The van der Waals surface area contributed by atoms with Gasteiger partial charge in [0, 0.05) is 17.5 Å². The Morgan fingerprint density at radius 3 is 2.73 bits per heavy atom. The summed E-state index contributed by atoms with van der Waals surface area (Å²) >= 11 is 1.87. The second-order valence-corrected chi connectivity index (χ2v) is 5.42. The van der Waals surface area contributed by atoms with Crippen LogP contribution >= 0.6 is 11.3 Å². The molecule has 1 N–H and O–H groups in total. The summed E-state index contributed by atoms with van der Waals surface area (Å²) in [6, 6.07) is 0.547. The van der Waals surface area contributed by atoms with Gasteiger partial charge in [-0.15, -0.1) is 11.3 Å². The van der Waals surface area contributed by atoms with E-state index in [9.17, 15) is 0 Å². The van der Waals surface area contributed by atoms with Gasteiger partial charge in [-0.3, -0.25) is 0 Å². The van der Waals surface area contributed by atoms with Crippen molar-refractivity contribution in [3.05, 3.63) is 15.6 Å². The molecule has 0 amide bonds. The van der Waals surface area contributed by atoms with Crippen molar-refractivity contribution in [3.8, 4) is 0 Å². The second kappa shape index (κ2) is 6.23. The van der Waals surface area contributed by atoms with E-state index in [1.165, 1.54) is 28.4 Å². The summed E-state index contributed by atoms with van der Waals surface area (Å²) in [6.07, 6.45) is 3.64. The molecule has 0 aliphatic carbocycles. The molecule has 1 aromatic heterocycles. The Morgan fingerprint density at radius 2 is 2.13 bits per heavy atom. The molecule has 0 atom stereocenters. The normalized spacial score (nSPS) is 11.3. The summed E-state index contributed by atoms with van der Waals surface area (Å²) < 4.78 is 0. The standard InChI is InChI=1S/C12H22N2S/c1-5-6-7-12-14-10(4)11(15-12)8-13-9(2)3/h9,13H,5-8H2,1-4H3. The summed E-state index contributed by atoms with van der Waals surface area (Å²) in [5.74, 6) is 0. The maximum Gasteiger partial charge on any atom is 0.0931 e. The molecule has 0 aliphatic rings. The van der Waals surface area contributed by atoms with Crippen molar-refractivity contribution < 1.29 is 0 Å². The van der Waals surface area contributed by atoms with Crippen LogP contribution in [0.5, 0.6) is 0 Å². The highest BCUT2D eigenvalue weighted by atomic mass is 32.1. The first kappa shape index (κ1) is 12.7. The maximum absolute atomic E-state index is 4.60. The van der Waals surface area contributed by atoms with Crippen LogP contribution in [-0.4, -0.2) is 11.0 Å². The molecule has 0 saturated heterocycles. The van der Waals surface area contributed by atoms with Gasteiger partial charge in [-0.2, -0.15) is 0 Å². The highest BCUT2D eigenvalue weighted by molar-refractivity contribution is 7.11. The summed E-state index contributed by atoms with van der Waals surface area (Å²) in [7, 11) is 0. The molecule has 15 heavy (non-hydrogen) atoms. The summed E-state index contributed by atoms with van der Waals surface area (Å²) in [6.45, 7) is 9.65. The fourth-order valence-electron chi connectivity index (χ4n) is 1.38. The fraction of sp³-hybridized carbons (Fsp3) is 0.750. The van der Waals surface area contributed by atoms with Gasteiger partial charge in [0.25, 0.3) is 0 Å². The number of nitrogens with one attached hydrogen (secondary N) is 1. The Balaban J connectivity index is 2.52. The average Bonchev–Trinajstić information content (AvgIpc) is 2.53. The van der Waals surface area contributed by atoms with Crippen LogP contribution < -0.4 is 5.32 Å². The van der Waals surface area contributed by atoms with Gasteiger partial charge in [0.1, 0.15) is 0 Å². The molecule has 0 aromatic carbocycles. The molecule has 1 aromatic rings. The molecule has 86 valence electrons. The third-order valence-corrected chi connectivity index (χ3v) is 3.57. The first-order valence-electron chi connectivity index (χ1n) is 5.82. The van der Waals surface area contributed by atoms with E-state index < -0.39 is 0 Å². The van der Waals surface area contributed by atoms with E-state index in [0.29, 0.717) is 6.04 Å². The molecule has 0 fully saturated rings. The third-order valence-electron chi connectivity index (χ3n) is 2.35. The predicted octanol–water partition coefficient (Wildman–Crippen LogP) is 3.29. The van der Waals surface area contributed by atoms with E-state index >= 15 is 0 Å². The third kappa shape index (κ3) is 4.31. The highest BCUT2D eigenvalue weighted by Gasteiger charge is 2.07. The minimum absolute atomic E-state index is 0.547. The van der Waals surface area contributed by atoms with E-state index in [-0.39, 0.29) is 0 Å². The number of rotatable bonds is 6. The molecule has 0 bridgehead atoms. The topological polar surface area (TPSA) is 24.9 Å². The monoisotopic (exact) mass is 226 g/mol. The molecule has 1 rings (SSSR count). The van der Waals surface area contributed by atoms with E-state index in [1.54, 1.807) is 0 Å². The minimum Gasteiger partial charge on any atom is -0.310 e. The van der Waals surface area contributed by atoms with Gasteiger partial charge in [-0.1, -0.05) is 27.2 Å². The Hall–Kier alpha value is -0.410. The molecule has 3 heteroatoms. The van der Waals surface area contributed by atoms with Crippen LogP contribution in [0.1, 0.15) is 49.2 Å². The number of thiazole rings is 1. The van der Waals surface area contributed by atoms with Crippen LogP contribution in [0.4, 0.5) is 0 Å². The number of hydrogen-bond acceptors (Lipinski definition) is 3.